The molecule has 0 aliphatic carbocycles. The van der Waals surface area contributed by atoms with Gasteiger partial charge in [-0.05, 0) is 0 Å². The van der Waals surface area contributed by atoms with Gasteiger partial charge in [0.2, 0.25) is 0 Å². The van der Waals surface area contributed by atoms with Crippen LogP contribution in [0.5, 0.6) is 0 Å². The fraction of sp³-hybridized carbons (Fsp3) is 0.429. The molecule has 1 aromatic rings. The van der Waals surface area contributed by atoms with E-state index in [0.29, 0.717) is 0 Å². The predicted molar refractivity (Wildman–Crippen MR) is 46.3 cm³/mol. The minimum Gasteiger partial charge on any atom is -0.396 e. The first kappa shape index (κ1) is 12.3. The van der Waals surface area contributed by atoms with E-state index in [-0.39, 0.29) is 11.4 Å². The highest BCUT2D eigenvalue weighted by atomic mass is 19.3. The van der Waals surface area contributed by atoms with Crippen molar-refractivity contribution in [1.29, 1.82) is 0 Å². The number of carbonyl (C=O) groups is 1. The van der Waals surface area contributed by atoms with Crippen molar-refractivity contribution in [3.05, 3.63) is 11.9 Å². The van der Waals surface area contributed by atoms with Gasteiger partial charge in [-0.2, -0.15) is 13.9 Å². The van der Waals surface area contributed by atoms with E-state index in [1.165, 1.54) is 0 Å². The average molecular weight is 240 g/mol. The standard InChI is InChI=1S/C7H8F4N4O/c8-6(9)7(10,11)2-13-5(16)4-3(12)1-14-15-4/h1,6H,2,12H2,(H,13,16)(H,14,15). The van der Waals surface area contributed by atoms with E-state index in [2.05, 4.69) is 10.2 Å². The van der Waals surface area contributed by atoms with E-state index in [0.717, 1.165) is 6.20 Å². The van der Waals surface area contributed by atoms with Crippen LogP contribution in [-0.4, -0.2) is 35.0 Å². The molecule has 0 unspecified atom stereocenters. The molecule has 16 heavy (non-hydrogen) atoms. The molecule has 0 saturated carbocycles. The zero-order valence-corrected chi connectivity index (χ0v) is 7.81. The van der Waals surface area contributed by atoms with E-state index < -0.39 is 24.8 Å². The number of alkyl halides is 4. The number of nitrogen functional groups attached to an aromatic ring is 1. The lowest BCUT2D eigenvalue weighted by Gasteiger charge is -2.15. The van der Waals surface area contributed by atoms with Crippen molar-refractivity contribution >= 4 is 11.6 Å². The van der Waals surface area contributed by atoms with Gasteiger partial charge in [-0.1, -0.05) is 0 Å². The lowest BCUT2D eigenvalue weighted by Crippen LogP contribution is -2.41. The van der Waals surface area contributed by atoms with Gasteiger partial charge in [0.15, 0.2) is 0 Å². The van der Waals surface area contributed by atoms with Crippen molar-refractivity contribution < 1.29 is 22.4 Å². The first-order chi connectivity index (χ1) is 7.34. The minimum atomic E-state index is -4.27. The van der Waals surface area contributed by atoms with E-state index in [9.17, 15) is 22.4 Å². The number of hydrogen-bond acceptors (Lipinski definition) is 3. The van der Waals surface area contributed by atoms with Crippen LogP contribution in [0.25, 0.3) is 0 Å². The number of nitrogens with one attached hydrogen (secondary N) is 2. The topological polar surface area (TPSA) is 83.8 Å². The molecule has 1 heterocycles. The molecular weight excluding hydrogens is 232 g/mol. The molecule has 0 bridgehead atoms. The van der Waals surface area contributed by atoms with Crippen LogP contribution >= 0.6 is 0 Å². The van der Waals surface area contributed by atoms with Crippen LogP contribution in [0.1, 0.15) is 10.5 Å². The fourth-order valence-electron chi connectivity index (χ4n) is 0.841. The highest BCUT2D eigenvalue weighted by molar-refractivity contribution is 5.96. The van der Waals surface area contributed by atoms with Crippen molar-refractivity contribution in [2.45, 2.75) is 12.3 Å². The van der Waals surface area contributed by atoms with Crippen LogP contribution in [0.4, 0.5) is 23.2 Å². The second-order valence-corrected chi connectivity index (χ2v) is 2.94. The molecule has 9 heteroatoms. The third-order valence-corrected chi connectivity index (χ3v) is 1.70. The minimum absolute atomic E-state index is 0.0575. The third kappa shape index (κ3) is 2.61. The van der Waals surface area contributed by atoms with Crippen LogP contribution in [0, 0.1) is 0 Å². The molecule has 0 fully saturated rings. The zero-order chi connectivity index (χ0) is 12.3. The van der Waals surface area contributed by atoms with E-state index >= 15 is 0 Å². The largest absolute Gasteiger partial charge is 0.396 e. The van der Waals surface area contributed by atoms with Gasteiger partial charge in [-0.3, -0.25) is 9.89 Å². The van der Waals surface area contributed by atoms with Crippen molar-refractivity contribution in [3.63, 3.8) is 0 Å². The van der Waals surface area contributed by atoms with E-state index in [1.54, 1.807) is 5.32 Å². The van der Waals surface area contributed by atoms with E-state index in [1.807, 2.05) is 0 Å². The maximum absolute atomic E-state index is 12.4. The number of H-pyrrole nitrogens is 1. The van der Waals surface area contributed by atoms with Crippen molar-refractivity contribution in [3.8, 4) is 0 Å². The Labute approximate surface area is 87.0 Å². The lowest BCUT2D eigenvalue weighted by molar-refractivity contribution is -0.123. The fourth-order valence-corrected chi connectivity index (χ4v) is 0.841. The molecule has 1 aromatic heterocycles. The molecule has 0 radical (unpaired) electrons. The number of nitrogens with zero attached hydrogens (tertiary/aromatic N) is 1. The third-order valence-electron chi connectivity index (χ3n) is 1.70. The summed E-state index contributed by atoms with van der Waals surface area (Å²) in [5.41, 5.74) is 4.95. The van der Waals surface area contributed by atoms with E-state index in [4.69, 9.17) is 5.73 Å². The van der Waals surface area contributed by atoms with Crippen LogP contribution in [0.3, 0.4) is 0 Å². The molecule has 1 amide bonds. The smallest absolute Gasteiger partial charge is 0.324 e. The van der Waals surface area contributed by atoms with Crippen molar-refractivity contribution in [1.82, 2.24) is 15.5 Å². The Balaban J connectivity index is 2.58. The van der Waals surface area contributed by atoms with Crippen molar-refractivity contribution in [2.75, 3.05) is 12.3 Å². The Morgan fingerprint density at radius 1 is 1.62 bits per heavy atom. The molecule has 4 N–H and O–H groups in total. The molecule has 1 rings (SSSR count). The van der Waals surface area contributed by atoms with Crippen molar-refractivity contribution in [2.24, 2.45) is 0 Å². The number of anilines is 1. The monoisotopic (exact) mass is 240 g/mol. The van der Waals surface area contributed by atoms with Crippen LogP contribution in [0.2, 0.25) is 0 Å². The maximum Gasteiger partial charge on any atom is 0.324 e. The highest BCUT2D eigenvalue weighted by Crippen LogP contribution is 2.21. The Morgan fingerprint density at radius 3 is 2.69 bits per heavy atom. The number of aromatic nitrogens is 2. The summed E-state index contributed by atoms with van der Waals surface area (Å²) in [6.07, 6.45) is -2.74. The van der Waals surface area contributed by atoms with Gasteiger partial charge in [-0.15, -0.1) is 0 Å². The zero-order valence-electron chi connectivity index (χ0n) is 7.81. The summed E-state index contributed by atoms with van der Waals surface area (Å²) in [6, 6.07) is 0. The van der Waals surface area contributed by atoms with Crippen LogP contribution in [0.15, 0.2) is 6.20 Å². The molecule has 0 aromatic carbocycles. The Morgan fingerprint density at radius 2 is 2.25 bits per heavy atom. The second kappa shape index (κ2) is 4.37. The first-order valence-corrected chi connectivity index (χ1v) is 4.07. The van der Waals surface area contributed by atoms with Gasteiger partial charge in [-0.25, -0.2) is 8.78 Å². The van der Waals surface area contributed by atoms with Gasteiger partial charge in [0.1, 0.15) is 5.69 Å². The molecule has 0 aliphatic rings. The number of aromatic amines is 1. The molecule has 90 valence electrons. The SMILES string of the molecule is Nc1cn[nH]c1C(=O)NCC(F)(F)C(F)F. The van der Waals surface area contributed by atoms with Gasteiger partial charge in [0.25, 0.3) is 5.91 Å². The molecule has 0 spiro atoms. The highest BCUT2D eigenvalue weighted by Gasteiger charge is 2.41. The summed E-state index contributed by atoms with van der Waals surface area (Å²) in [6.45, 7) is -1.47. The normalized spacial score (nSPS) is 11.8. The Bertz CT molecular complexity index is 378. The predicted octanol–water partition coefficient (Wildman–Crippen LogP) is 0.622. The maximum atomic E-state index is 12.4. The molecule has 0 aliphatic heterocycles. The van der Waals surface area contributed by atoms with Crippen LogP contribution < -0.4 is 11.1 Å². The number of halogens is 4. The summed E-state index contributed by atoms with van der Waals surface area (Å²) < 4.78 is 48.3. The quantitative estimate of drug-likeness (QED) is 0.674. The van der Waals surface area contributed by atoms with Gasteiger partial charge in [0.05, 0.1) is 18.4 Å². The molecule has 0 saturated heterocycles. The van der Waals surface area contributed by atoms with Gasteiger partial charge in [0, 0.05) is 0 Å². The Hall–Kier alpha value is -1.80. The number of rotatable bonds is 4. The van der Waals surface area contributed by atoms with Crippen LogP contribution in [-0.2, 0) is 0 Å². The summed E-state index contributed by atoms with van der Waals surface area (Å²) >= 11 is 0. The number of nitrogens with two attached hydrogens (primary N) is 1. The molecular formula is C7H8F4N4O. The summed E-state index contributed by atoms with van der Waals surface area (Å²) in [5, 5.41) is 7.15. The summed E-state index contributed by atoms with van der Waals surface area (Å²) in [4.78, 5) is 11.2. The molecule has 5 nitrogen and oxygen atoms in total. The second-order valence-electron chi connectivity index (χ2n) is 2.94. The summed E-state index contributed by atoms with van der Waals surface area (Å²) in [5.74, 6) is -5.29. The van der Waals surface area contributed by atoms with Gasteiger partial charge < -0.3 is 11.1 Å². The lowest BCUT2D eigenvalue weighted by atomic mass is 10.3. The molecule has 0 atom stereocenters. The number of amides is 1. The first-order valence-electron chi connectivity index (χ1n) is 4.07. The van der Waals surface area contributed by atoms with Gasteiger partial charge >= 0.3 is 12.3 Å². The summed E-state index contributed by atoms with van der Waals surface area (Å²) in [7, 11) is 0. The number of hydrogen-bond donors (Lipinski definition) is 3. The average Bonchev–Trinajstić information content (AvgIpc) is 2.61. The number of carbonyl (C=O) groups excluding carboxylic acids is 1. The Kier molecular flexibility index (Phi) is 3.35.